The van der Waals surface area contributed by atoms with E-state index in [9.17, 15) is 22.8 Å². The normalized spacial score (nSPS) is 17.9. The van der Waals surface area contributed by atoms with E-state index in [1.807, 2.05) is 5.38 Å². The Bertz CT molecular complexity index is 1530. The summed E-state index contributed by atoms with van der Waals surface area (Å²) in [7, 11) is 3.14. The van der Waals surface area contributed by atoms with Gasteiger partial charge >= 0.3 is 6.18 Å². The van der Waals surface area contributed by atoms with Crippen molar-refractivity contribution in [2.45, 2.75) is 44.0 Å². The quantitative estimate of drug-likeness (QED) is 0.336. The number of benzene rings is 1. The number of nitrogens with zero attached hydrogens (tertiary/aromatic N) is 5. The Kier molecular flexibility index (Phi) is 8.36. The summed E-state index contributed by atoms with van der Waals surface area (Å²) in [6.07, 6.45) is -2.19. The molecule has 0 aliphatic carbocycles. The Labute approximate surface area is 247 Å². The fraction of sp³-hybridized carbons (Fsp3) is 0.407. The highest BCUT2D eigenvalue weighted by atomic mass is 35.5. The van der Waals surface area contributed by atoms with Crippen LogP contribution in [0.2, 0.25) is 10.0 Å². The third kappa shape index (κ3) is 6.24. The van der Waals surface area contributed by atoms with E-state index in [0.717, 1.165) is 21.3 Å². The highest BCUT2D eigenvalue weighted by Gasteiger charge is 2.36. The predicted molar refractivity (Wildman–Crippen MR) is 152 cm³/mol. The standard InChI is InChI=1S/C27H26Cl2F3N5O3S/c1-35(2)16-10-17(27(30,31)32)26(39)37(12-16)13-23(38)36-8-6-15(7-9-36)25-33-21(14-41-25)20-11-22(40-34-20)24-18(28)4-3-5-19(24)29/h3-5,10,12,14-15,22H,6-9,11,13H2,1-2H3. The maximum Gasteiger partial charge on any atom is 0.421 e. The van der Waals surface area contributed by atoms with Crippen LogP contribution in [-0.4, -0.2) is 53.3 Å². The lowest BCUT2D eigenvalue weighted by molar-refractivity contribution is -0.139. The maximum atomic E-state index is 13.4. The van der Waals surface area contributed by atoms with Crippen molar-refractivity contribution in [2.24, 2.45) is 5.16 Å². The van der Waals surface area contributed by atoms with Crippen LogP contribution in [0.1, 0.15) is 53.1 Å². The first-order valence-electron chi connectivity index (χ1n) is 12.8. The van der Waals surface area contributed by atoms with Gasteiger partial charge in [0.15, 0.2) is 6.10 Å². The third-order valence-electron chi connectivity index (χ3n) is 7.20. The van der Waals surface area contributed by atoms with E-state index in [1.165, 1.54) is 22.4 Å². The SMILES string of the molecule is CN(C)c1cc(C(F)(F)F)c(=O)n(CC(=O)N2CCC(c3nc(C4=NOC(c5c(Cl)cccc5Cl)C4)cs3)CC2)c1. The second-order valence-corrected chi connectivity index (χ2v) is 11.8. The highest BCUT2D eigenvalue weighted by molar-refractivity contribution is 7.10. The molecule has 2 aliphatic heterocycles. The van der Waals surface area contributed by atoms with Gasteiger partial charge in [-0.05, 0) is 31.0 Å². The average Bonchev–Trinajstić information content (AvgIpc) is 3.59. The average molecular weight is 629 g/mol. The highest BCUT2D eigenvalue weighted by Crippen LogP contribution is 2.39. The number of halogens is 5. The van der Waals surface area contributed by atoms with Crippen LogP contribution in [0.4, 0.5) is 18.9 Å². The molecular formula is C27H26Cl2F3N5O3S. The number of carbonyl (C=O) groups is 1. The number of amides is 1. The van der Waals surface area contributed by atoms with Crippen molar-refractivity contribution < 1.29 is 22.8 Å². The second kappa shape index (κ2) is 11.7. The molecule has 0 spiro atoms. The van der Waals surface area contributed by atoms with Crippen molar-refractivity contribution >= 4 is 51.8 Å². The molecule has 1 atom stereocenters. The lowest BCUT2D eigenvalue weighted by atomic mass is 9.97. The number of hydrogen-bond donors (Lipinski definition) is 0. The number of rotatable bonds is 6. The minimum atomic E-state index is -4.82. The van der Waals surface area contributed by atoms with Gasteiger partial charge in [0.05, 0.1) is 16.4 Å². The van der Waals surface area contributed by atoms with Gasteiger partial charge in [0.1, 0.15) is 17.8 Å². The van der Waals surface area contributed by atoms with E-state index in [4.69, 9.17) is 33.0 Å². The number of oxime groups is 1. The van der Waals surface area contributed by atoms with Crippen LogP contribution in [0, 0.1) is 0 Å². The van der Waals surface area contributed by atoms with E-state index in [0.29, 0.717) is 53.7 Å². The molecule has 1 aromatic carbocycles. The van der Waals surface area contributed by atoms with E-state index < -0.39 is 35.9 Å². The zero-order chi connectivity index (χ0) is 29.5. The van der Waals surface area contributed by atoms with E-state index in [2.05, 4.69) is 5.16 Å². The number of carbonyl (C=O) groups excluding carboxylic acids is 1. The first-order valence-corrected chi connectivity index (χ1v) is 14.4. The van der Waals surface area contributed by atoms with Gasteiger partial charge in [0.2, 0.25) is 5.91 Å². The van der Waals surface area contributed by atoms with Gasteiger partial charge in [-0.15, -0.1) is 11.3 Å². The molecule has 2 aromatic heterocycles. The van der Waals surface area contributed by atoms with Crippen molar-refractivity contribution in [3.8, 4) is 0 Å². The smallest absolute Gasteiger partial charge is 0.387 e. The van der Waals surface area contributed by atoms with E-state index >= 15 is 0 Å². The number of pyridine rings is 1. The topological polar surface area (TPSA) is 80.0 Å². The summed E-state index contributed by atoms with van der Waals surface area (Å²) in [6.45, 7) is 0.347. The number of hydrogen-bond acceptors (Lipinski definition) is 7. The monoisotopic (exact) mass is 627 g/mol. The van der Waals surface area contributed by atoms with Crippen molar-refractivity contribution in [3.63, 3.8) is 0 Å². The van der Waals surface area contributed by atoms with Gasteiger partial charge in [-0.3, -0.25) is 9.59 Å². The lowest BCUT2D eigenvalue weighted by Crippen LogP contribution is -2.42. The number of alkyl halides is 3. The minimum absolute atomic E-state index is 0.117. The fourth-order valence-corrected chi connectivity index (χ4v) is 6.56. The van der Waals surface area contributed by atoms with Crippen LogP contribution >= 0.6 is 34.5 Å². The molecule has 5 rings (SSSR count). The summed E-state index contributed by atoms with van der Waals surface area (Å²) in [4.78, 5) is 38.9. The molecule has 8 nitrogen and oxygen atoms in total. The Morgan fingerprint density at radius 1 is 1.20 bits per heavy atom. The number of thiazole rings is 1. The molecule has 0 radical (unpaired) electrons. The van der Waals surface area contributed by atoms with Gasteiger partial charge < -0.3 is 19.2 Å². The first kappa shape index (κ1) is 29.4. The van der Waals surface area contributed by atoms with Crippen LogP contribution in [0.15, 0.2) is 45.8 Å². The second-order valence-electron chi connectivity index (χ2n) is 10.1. The van der Waals surface area contributed by atoms with Crippen molar-refractivity contribution in [2.75, 3.05) is 32.1 Å². The van der Waals surface area contributed by atoms with Crippen LogP contribution in [0.3, 0.4) is 0 Å². The fourth-order valence-electron chi connectivity index (χ4n) is 4.92. The summed E-state index contributed by atoms with van der Waals surface area (Å²) >= 11 is 14.1. The molecule has 1 fully saturated rings. The van der Waals surface area contributed by atoms with Crippen LogP contribution in [-0.2, 0) is 22.4 Å². The van der Waals surface area contributed by atoms with Gasteiger partial charge in [-0.1, -0.05) is 34.4 Å². The predicted octanol–water partition coefficient (Wildman–Crippen LogP) is 5.97. The molecule has 2 aliphatic rings. The van der Waals surface area contributed by atoms with Gasteiger partial charge in [0, 0.05) is 66.7 Å². The molecule has 0 bridgehead atoms. The van der Waals surface area contributed by atoms with Crippen LogP contribution in [0.25, 0.3) is 0 Å². The maximum absolute atomic E-state index is 13.4. The van der Waals surface area contributed by atoms with E-state index in [1.54, 1.807) is 37.2 Å². The zero-order valence-corrected chi connectivity index (χ0v) is 24.4. The van der Waals surface area contributed by atoms with Crippen molar-refractivity contribution in [1.82, 2.24) is 14.5 Å². The molecular weight excluding hydrogens is 602 g/mol. The van der Waals surface area contributed by atoms with Gasteiger partial charge in [0.25, 0.3) is 5.56 Å². The molecule has 41 heavy (non-hydrogen) atoms. The first-order chi connectivity index (χ1) is 19.4. The molecule has 1 saturated heterocycles. The van der Waals surface area contributed by atoms with Crippen molar-refractivity contribution in [3.05, 3.63) is 78.1 Å². The summed E-state index contributed by atoms with van der Waals surface area (Å²) in [5, 5.41) is 8.07. The molecule has 218 valence electrons. The number of piperidine rings is 1. The molecule has 0 N–H and O–H groups in total. The summed E-state index contributed by atoms with van der Waals surface area (Å²) < 4.78 is 41.2. The van der Waals surface area contributed by atoms with Crippen LogP contribution in [0.5, 0.6) is 0 Å². The van der Waals surface area contributed by atoms with E-state index in [-0.39, 0.29) is 11.6 Å². The number of aromatic nitrogens is 2. The van der Waals surface area contributed by atoms with Crippen molar-refractivity contribution in [1.29, 1.82) is 0 Å². The third-order valence-corrected chi connectivity index (χ3v) is 8.87. The molecule has 1 amide bonds. The number of anilines is 1. The number of likely N-dealkylation sites (tertiary alicyclic amines) is 1. The Balaban J connectivity index is 1.21. The largest absolute Gasteiger partial charge is 0.421 e. The molecule has 3 aromatic rings. The zero-order valence-electron chi connectivity index (χ0n) is 22.1. The van der Waals surface area contributed by atoms with Gasteiger partial charge in [-0.25, -0.2) is 4.98 Å². The molecule has 0 saturated carbocycles. The van der Waals surface area contributed by atoms with Gasteiger partial charge in [-0.2, -0.15) is 13.2 Å². The Morgan fingerprint density at radius 3 is 2.51 bits per heavy atom. The molecule has 14 heteroatoms. The Morgan fingerprint density at radius 2 is 1.88 bits per heavy atom. The lowest BCUT2D eigenvalue weighted by Gasteiger charge is -2.31. The summed E-state index contributed by atoms with van der Waals surface area (Å²) in [5.74, 6) is -0.290. The summed E-state index contributed by atoms with van der Waals surface area (Å²) in [6, 6.07) is 6.07. The van der Waals surface area contributed by atoms with Crippen LogP contribution < -0.4 is 10.5 Å². The minimum Gasteiger partial charge on any atom is -0.387 e. The molecule has 1 unspecified atom stereocenters. The Hall–Kier alpha value is -3.09. The molecule has 4 heterocycles. The summed E-state index contributed by atoms with van der Waals surface area (Å²) in [5.41, 5.74) is -0.249.